The Labute approximate surface area is 134 Å². The second-order valence-electron chi connectivity index (χ2n) is 5.62. The van der Waals surface area contributed by atoms with E-state index in [9.17, 15) is 4.79 Å². The van der Waals surface area contributed by atoms with Crippen LogP contribution in [0.1, 0.15) is 29.2 Å². The molecule has 116 valence electrons. The highest BCUT2D eigenvalue weighted by atomic mass is 32.1. The molecule has 1 aliphatic rings. The molecule has 0 spiro atoms. The van der Waals surface area contributed by atoms with E-state index in [1.807, 2.05) is 43.9 Å². The minimum Gasteiger partial charge on any atom is -0.372 e. The minimum absolute atomic E-state index is 0.0409. The first-order valence-corrected chi connectivity index (χ1v) is 8.20. The van der Waals surface area contributed by atoms with Gasteiger partial charge in [0.2, 0.25) is 0 Å². The monoisotopic (exact) mass is 317 g/mol. The number of rotatable bonds is 2. The van der Waals surface area contributed by atoms with Crippen LogP contribution in [0.4, 0.5) is 0 Å². The number of morpholine rings is 1. The molecule has 3 rings (SSSR count). The van der Waals surface area contributed by atoms with Gasteiger partial charge in [-0.1, -0.05) is 6.07 Å². The molecule has 5 nitrogen and oxygen atoms in total. The van der Waals surface area contributed by atoms with Crippen molar-refractivity contribution in [2.24, 2.45) is 0 Å². The largest absolute Gasteiger partial charge is 0.372 e. The average molecular weight is 317 g/mol. The molecule has 0 aliphatic carbocycles. The molecule has 2 aromatic rings. The number of hydrogen-bond donors (Lipinski definition) is 0. The number of aryl methyl sites for hydroxylation is 1. The zero-order valence-corrected chi connectivity index (χ0v) is 13.8. The Kier molecular flexibility index (Phi) is 4.22. The summed E-state index contributed by atoms with van der Waals surface area (Å²) in [6, 6.07) is 5.70. The minimum atomic E-state index is 0.0409. The Bertz CT molecular complexity index is 661. The van der Waals surface area contributed by atoms with Crippen LogP contribution in [0.3, 0.4) is 0 Å². The molecule has 1 amide bonds. The molecule has 0 saturated carbocycles. The maximum atomic E-state index is 12.8. The summed E-state index contributed by atoms with van der Waals surface area (Å²) in [5.74, 6) is 0.0409. The van der Waals surface area contributed by atoms with Gasteiger partial charge in [0.1, 0.15) is 9.88 Å². The van der Waals surface area contributed by atoms with Crippen LogP contribution in [0.15, 0.2) is 24.4 Å². The lowest BCUT2D eigenvalue weighted by atomic mass is 10.2. The van der Waals surface area contributed by atoms with Gasteiger partial charge in [-0.2, -0.15) is 0 Å². The Balaban J connectivity index is 1.86. The lowest BCUT2D eigenvalue weighted by Crippen LogP contribution is -2.48. The van der Waals surface area contributed by atoms with Crippen molar-refractivity contribution in [3.8, 4) is 10.7 Å². The fourth-order valence-corrected chi connectivity index (χ4v) is 3.69. The molecule has 1 saturated heterocycles. The third-order valence-corrected chi connectivity index (χ3v) is 4.75. The first kappa shape index (κ1) is 15.1. The molecule has 6 heteroatoms. The topological polar surface area (TPSA) is 55.3 Å². The second-order valence-corrected chi connectivity index (χ2v) is 6.62. The molecule has 3 heterocycles. The van der Waals surface area contributed by atoms with Crippen molar-refractivity contribution in [2.75, 3.05) is 13.1 Å². The number of carbonyl (C=O) groups is 1. The summed E-state index contributed by atoms with van der Waals surface area (Å²) in [4.78, 5) is 24.2. The summed E-state index contributed by atoms with van der Waals surface area (Å²) >= 11 is 1.41. The molecule has 0 bridgehead atoms. The van der Waals surface area contributed by atoms with Crippen LogP contribution in [-0.2, 0) is 4.74 Å². The summed E-state index contributed by atoms with van der Waals surface area (Å²) in [6.07, 6.45) is 1.87. The van der Waals surface area contributed by atoms with Gasteiger partial charge in [-0.25, -0.2) is 4.98 Å². The highest BCUT2D eigenvalue weighted by Gasteiger charge is 2.29. The van der Waals surface area contributed by atoms with E-state index in [-0.39, 0.29) is 18.1 Å². The van der Waals surface area contributed by atoms with Crippen LogP contribution < -0.4 is 0 Å². The van der Waals surface area contributed by atoms with Gasteiger partial charge in [-0.05, 0) is 32.9 Å². The molecule has 0 radical (unpaired) electrons. The number of hydrogen-bond acceptors (Lipinski definition) is 5. The number of carbonyl (C=O) groups excluding carboxylic acids is 1. The summed E-state index contributed by atoms with van der Waals surface area (Å²) < 4.78 is 5.69. The van der Waals surface area contributed by atoms with Crippen LogP contribution in [0.5, 0.6) is 0 Å². The Morgan fingerprint density at radius 1 is 1.32 bits per heavy atom. The van der Waals surface area contributed by atoms with E-state index < -0.39 is 0 Å². The second kappa shape index (κ2) is 6.14. The van der Waals surface area contributed by atoms with Crippen molar-refractivity contribution in [1.82, 2.24) is 14.9 Å². The average Bonchev–Trinajstić information content (AvgIpc) is 2.88. The maximum Gasteiger partial charge on any atom is 0.266 e. The quantitative estimate of drug-likeness (QED) is 0.854. The molecule has 2 atom stereocenters. The van der Waals surface area contributed by atoms with Gasteiger partial charge in [0.15, 0.2) is 0 Å². The summed E-state index contributed by atoms with van der Waals surface area (Å²) in [5, 5.41) is 0.788. The smallest absolute Gasteiger partial charge is 0.266 e. The van der Waals surface area contributed by atoms with Gasteiger partial charge in [-0.15, -0.1) is 11.3 Å². The number of ether oxygens (including phenoxy) is 1. The molecule has 0 N–H and O–H groups in total. The normalized spacial score (nSPS) is 21.9. The molecule has 0 unspecified atom stereocenters. The molecule has 22 heavy (non-hydrogen) atoms. The van der Waals surface area contributed by atoms with Gasteiger partial charge in [0.05, 0.1) is 23.6 Å². The molecule has 2 aromatic heterocycles. The van der Waals surface area contributed by atoms with Crippen LogP contribution in [0.25, 0.3) is 10.7 Å². The predicted molar refractivity (Wildman–Crippen MR) is 86.0 cm³/mol. The summed E-state index contributed by atoms with van der Waals surface area (Å²) in [5.41, 5.74) is 1.57. The zero-order chi connectivity index (χ0) is 15.7. The Morgan fingerprint density at radius 3 is 2.68 bits per heavy atom. The molecular weight excluding hydrogens is 298 g/mol. The summed E-state index contributed by atoms with van der Waals surface area (Å²) in [6.45, 7) is 7.12. The van der Waals surface area contributed by atoms with E-state index in [0.29, 0.717) is 18.0 Å². The van der Waals surface area contributed by atoms with Crippen molar-refractivity contribution < 1.29 is 9.53 Å². The molecule has 1 aliphatic heterocycles. The number of amides is 1. The van der Waals surface area contributed by atoms with Gasteiger partial charge >= 0.3 is 0 Å². The standard InChI is InChI=1S/C16H19N3O2S/c1-10-8-19(9-11(2)21-10)16(20)14-12(3)18-15(22-14)13-6-4-5-7-17-13/h4-7,10-11H,8-9H2,1-3H3/t10-,11-/m1/s1. The predicted octanol–water partition coefficient (Wildman–Crippen LogP) is 2.76. The van der Waals surface area contributed by atoms with E-state index in [0.717, 1.165) is 16.4 Å². The first-order valence-electron chi connectivity index (χ1n) is 7.38. The zero-order valence-electron chi connectivity index (χ0n) is 12.9. The van der Waals surface area contributed by atoms with Crippen molar-refractivity contribution in [3.05, 3.63) is 35.0 Å². The van der Waals surface area contributed by atoms with Gasteiger partial charge < -0.3 is 9.64 Å². The number of thiazole rings is 1. The van der Waals surface area contributed by atoms with E-state index in [4.69, 9.17) is 4.74 Å². The summed E-state index contributed by atoms with van der Waals surface area (Å²) in [7, 11) is 0. The van der Waals surface area contributed by atoms with Crippen LogP contribution in [0, 0.1) is 6.92 Å². The fourth-order valence-electron chi connectivity index (χ4n) is 2.68. The molecule has 0 aromatic carbocycles. The third-order valence-electron chi connectivity index (χ3n) is 3.58. The van der Waals surface area contributed by atoms with Crippen molar-refractivity contribution in [1.29, 1.82) is 0 Å². The fraction of sp³-hybridized carbons (Fsp3) is 0.438. The van der Waals surface area contributed by atoms with Gasteiger partial charge in [0, 0.05) is 19.3 Å². The third kappa shape index (κ3) is 3.03. The number of pyridine rings is 1. The van der Waals surface area contributed by atoms with Crippen molar-refractivity contribution in [2.45, 2.75) is 33.0 Å². The van der Waals surface area contributed by atoms with Crippen molar-refractivity contribution in [3.63, 3.8) is 0 Å². The van der Waals surface area contributed by atoms with Crippen LogP contribution in [-0.4, -0.2) is 46.1 Å². The van der Waals surface area contributed by atoms with Crippen molar-refractivity contribution >= 4 is 17.2 Å². The molecule has 1 fully saturated rings. The molecular formula is C16H19N3O2S. The van der Waals surface area contributed by atoms with Gasteiger partial charge in [0.25, 0.3) is 5.91 Å². The van der Waals surface area contributed by atoms with E-state index in [1.165, 1.54) is 11.3 Å². The van der Waals surface area contributed by atoms with Gasteiger partial charge in [-0.3, -0.25) is 9.78 Å². The number of nitrogens with zero attached hydrogens (tertiary/aromatic N) is 3. The SMILES string of the molecule is Cc1nc(-c2ccccn2)sc1C(=O)N1C[C@@H](C)O[C@H](C)C1. The van der Waals surface area contributed by atoms with E-state index in [2.05, 4.69) is 9.97 Å². The van der Waals surface area contributed by atoms with Crippen LogP contribution >= 0.6 is 11.3 Å². The first-order chi connectivity index (χ1) is 10.5. The lowest BCUT2D eigenvalue weighted by molar-refractivity contribution is -0.0585. The van der Waals surface area contributed by atoms with E-state index >= 15 is 0 Å². The lowest BCUT2D eigenvalue weighted by Gasteiger charge is -2.35. The highest BCUT2D eigenvalue weighted by Crippen LogP contribution is 2.28. The Hall–Kier alpha value is -1.79. The van der Waals surface area contributed by atoms with E-state index in [1.54, 1.807) is 6.20 Å². The Morgan fingerprint density at radius 2 is 2.05 bits per heavy atom. The maximum absolute atomic E-state index is 12.8. The number of aromatic nitrogens is 2. The van der Waals surface area contributed by atoms with Crippen LogP contribution in [0.2, 0.25) is 0 Å². The highest BCUT2D eigenvalue weighted by molar-refractivity contribution is 7.17.